The minimum absolute atomic E-state index is 0.0673. The lowest BCUT2D eigenvalue weighted by Gasteiger charge is -2.33. The minimum Gasteiger partial charge on any atom is -0.342 e. The number of fused-ring (bicyclic) bond motifs is 1. The second-order valence-electron chi connectivity index (χ2n) is 8.24. The summed E-state index contributed by atoms with van der Waals surface area (Å²) in [4.78, 5) is 33.0. The lowest BCUT2D eigenvalue weighted by atomic mass is 9.96. The zero-order valence-electron chi connectivity index (χ0n) is 18.1. The van der Waals surface area contributed by atoms with Crippen LogP contribution in [0.1, 0.15) is 18.4 Å². The van der Waals surface area contributed by atoms with Gasteiger partial charge in [-0.25, -0.2) is 13.9 Å². The van der Waals surface area contributed by atoms with E-state index in [2.05, 4.69) is 10.2 Å². The van der Waals surface area contributed by atoms with Crippen molar-refractivity contribution < 1.29 is 9.18 Å². The van der Waals surface area contributed by atoms with Crippen molar-refractivity contribution in [2.45, 2.75) is 19.8 Å². The average Bonchev–Trinajstić information content (AvgIpc) is 3.31. The van der Waals surface area contributed by atoms with Crippen molar-refractivity contribution in [3.8, 4) is 5.69 Å². The summed E-state index contributed by atoms with van der Waals surface area (Å²) in [6.45, 7) is 2.89. The third kappa shape index (κ3) is 4.14. The van der Waals surface area contributed by atoms with Crippen LogP contribution in [0.4, 0.5) is 16.0 Å². The van der Waals surface area contributed by atoms with Crippen molar-refractivity contribution in [3.05, 3.63) is 81.7 Å². The molecule has 0 radical (unpaired) electrons. The Morgan fingerprint density at radius 1 is 1.12 bits per heavy atom. The lowest BCUT2D eigenvalue weighted by Crippen LogP contribution is -2.41. The Balaban J connectivity index is 1.38. The van der Waals surface area contributed by atoms with Gasteiger partial charge in [-0.3, -0.25) is 9.59 Å². The number of piperidine rings is 1. The van der Waals surface area contributed by atoms with Crippen molar-refractivity contribution in [2.24, 2.45) is 5.92 Å². The first kappa shape index (κ1) is 21.3. The molecule has 8 heteroatoms. The number of hydrogen-bond donors (Lipinski definition) is 1. The quantitative estimate of drug-likeness (QED) is 0.475. The van der Waals surface area contributed by atoms with E-state index in [0.717, 1.165) is 5.69 Å². The van der Waals surface area contributed by atoms with Gasteiger partial charge in [0.25, 0.3) is 5.56 Å². The fourth-order valence-corrected chi connectivity index (χ4v) is 4.99. The third-order valence-corrected chi connectivity index (χ3v) is 6.94. The molecule has 2 aromatic heterocycles. The van der Waals surface area contributed by atoms with E-state index in [0.29, 0.717) is 53.3 Å². The van der Waals surface area contributed by atoms with Crippen molar-refractivity contribution in [1.29, 1.82) is 0 Å². The van der Waals surface area contributed by atoms with Gasteiger partial charge in [-0.1, -0.05) is 18.2 Å². The predicted octanol–water partition coefficient (Wildman–Crippen LogP) is 4.75. The van der Waals surface area contributed by atoms with E-state index < -0.39 is 0 Å². The maximum atomic E-state index is 13.5. The number of benzene rings is 2. The van der Waals surface area contributed by atoms with Gasteiger partial charge in [0.15, 0.2) is 0 Å². The van der Waals surface area contributed by atoms with E-state index in [-0.39, 0.29) is 23.2 Å². The van der Waals surface area contributed by atoms with Crippen molar-refractivity contribution in [1.82, 2.24) is 9.55 Å². The molecule has 0 bridgehead atoms. The van der Waals surface area contributed by atoms with Crippen LogP contribution in [0.2, 0.25) is 0 Å². The highest BCUT2D eigenvalue weighted by Gasteiger charge is 2.28. The largest absolute Gasteiger partial charge is 0.342 e. The molecule has 1 saturated heterocycles. The molecule has 1 fully saturated rings. The number of thiophene rings is 1. The number of carbonyl (C=O) groups is 1. The number of nitrogens with zero attached hydrogens (tertiary/aromatic N) is 3. The zero-order chi connectivity index (χ0) is 22.9. The number of hydrogen-bond acceptors (Lipinski definition) is 5. The first-order chi connectivity index (χ1) is 16.0. The molecule has 2 aromatic carbocycles. The zero-order valence-corrected chi connectivity index (χ0v) is 18.9. The molecule has 33 heavy (non-hydrogen) atoms. The average molecular weight is 463 g/mol. The second kappa shape index (κ2) is 8.78. The van der Waals surface area contributed by atoms with Crippen molar-refractivity contribution >= 4 is 39.1 Å². The summed E-state index contributed by atoms with van der Waals surface area (Å²) in [7, 11) is 0. The molecule has 5 rings (SSSR count). The highest BCUT2D eigenvalue weighted by atomic mass is 32.1. The molecule has 0 unspecified atom stereocenters. The van der Waals surface area contributed by atoms with Gasteiger partial charge in [-0.05, 0) is 67.1 Å². The summed E-state index contributed by atoms with van der Waals surface area (Å²) in [5.41, 5.74) is 2.48. The van der Waals surface area contributed by atoms with Crippen LogP contribution in [0.5, 0.6) is 0 Å². The summed E-state index contributed by atoms with van der Waals surface area (Å²) < 4.78 is 15.8. The van der Waals surface area contributed by atoms with Gasteiger partial charge >= 0.3 is 0 Å². The SMILES string of the molecule is Cc1cc(NC(=O)C2CCN(c3nc4ccsc4c(=O)n3-c3ccccc3)CC2)ccc1F. The molecule has 6 nitrogen and oxygen atoms in total. The van der Waals surface area contributed by atoms with Gasteiger partial charge in [0.05, 0.1) is 11.2 Å². The molecule has 0 aliphatic carbocycles. The van der Waals surface area contributed by atoms with Crippen LogP contribution in [0, 0.1) is 18.7 Å². The van der Waals surface area contributed by atoms with Gasteiger partial charge in [0.2, 0.25) is 11.9 Å². The number of para-hydroxylation sites is 1. The Hall–Kier alpha value is -3.52. The van der Waals surface area contributed by atoms with Crippen LogP contribution in [-0.4, -0.2) is 28.5 Å². The normalized spacial score (nSPS) is 14.5. The summed E-state index contributed by atoms with van der Waals surface area (Å²) in [6, 6.07) is 16.0. The summed E-state index contributed by atoms with van der Waals surface area (Å²) in [5.74, 6) is 0.0849. The van der Waals surface area contributed by atoms with Crippen LogP contribution in [0.25, 0.3) is 15.9 Å². The first-order valence-electron chi connectivity index (χ1n) is 10.9. The van der Waals surface area contributed by atoms with Crippen molar-refractivity contribution in [3.63, 3.8) is 0 Å². The van der Waals surface area contributed by atoms with Gasteiger partial charge in [0.1, 0.15) is 10.5 Å². The molecule has 1 amide bonds. The number of halogens is 1. The van der Waals surface area contributed by atoms with E-state index >= 15 is 0 Å². The van der Waals surface area contributed by atoms with E-state index in [1.165, 1.54) is 17.4 Å². The molecule has 1 aliphatic rings. The van der Waals surface area contributed by atoms with Crippen molar-refractivity contribution in [2.75, 3.05) is 23.3 Å². The van der Waals surface area contributed by atoms with E-state index in [1.54, 1.807) is 23.6 Å². The number of amides is 1. The number of aryl methyl sites for hydroxylation is 1. The number of aromatic nitrogens is 2. The fourth-order valence-electron chi connectivity index (χ4n) is 4.23. The van der Waals surface area contributed by atoms with E-state index in [1.807, 2.05) is 41.8 Å². The maximum absolute atomic E-state index is 13.5. The Morgan fingerprint density at radius 2 is 1.88 bits per heavy atom. The molecule has 0 atom stereocenters. The highest BCUT2D eigenvalue weighted by molar-refractivity contribution is 7.17. The molecular weight excluding hydrogens is 439 g/mol. The summed E-state index contributed by atoms with van der Waals surface area (Å²) in [5, 5.41) is 4.79. The molecule has 0 saturated carbocycles. The van der Waals surface area contributed by atoms with Crippen LogP contribution in [-0.2, 0) is 4.79 Å². The molecule has 1 aliphatic heterocycles. The van der Waals surface area contributed by atoms with Gasteiger partial charge in [-0.2, -0.15) is 0 Å². The number of anilines is 2. The standard InChI is InChI=1S/C25H23FN4O2S/c1-16-15-18(7-8-20(16)26)27-23(31)17-9-12-29(13-10-17)25-28-21-11-14-33-22(21)24(32)30(25)19-5-3-2-4-6-19/h2-8,11,14-15,17H,9-10,12-13H2,1H3,(H,27,31). The lowest BCUT2D eigenvalue weighted by molar-refractivity contribution is -0.120. The Labute approximate surface area is 194 Å². The number of nitrogens with one attached hydrogen (secondary N) is 1. The van der Waals surface area contributed by atoms with Crippen LogP contribution < -0.4 is 15.8 Å². The fraction of sp³-hybridized carbons (Fsp3) is 0.240. The van der Waals surface area contributed by atoms with Gasteiger partial charge < -0.3 is 10.2 Å². The minimum atomic E-state index is -0.291. The van der Waals surface area contributed by atoms with Crippen LogP contribution >= 0.6 is 11.3 Å². The van der Waals surface area contributed by atoms with Gasteiger partial charge in [-0.15, -0.1) is 11.3 Å². The smallest absolute Gasteiger partial charge is 0.277 e. The van der Waals surface area contributed by atoms with E-state index in [9.17, 15) is 14.0 Å². The Kier molecular flexibility index (Phi) is 5.68. The Bertz CT molecular complexity index is 1370. The Morgan fingerprint density at radius 3 is 2.61 bits per heavy atom. The molecular formula is C25H23FN4O2S. The van der Waals surface area contributed by atoms with Crippen LogP contribution in [0.3, 0.4) is 0 Å². The molecule has 0 spiro atoms. The molecule has 4 aromatic rings. The summed E-state index contributed by atoms with van der Waals surface area (Å²) in [6.07, 6.45) is 1.27. The molecule has 3 heterocycles. The molecule has 1 N–H and O–H groups in total. The van der Waals surface area contributed by atoms with Crippen LogP contribution in [0.15, 0.2) is 64.8 Å². The maximum Gasteiger partial charge on any atom is 0.277 e. The second-order valence-corrected chi connectivity index (χ2v) is 9.15. The topological polar surface area (TPSA) is 67.2 Å². The first-order valence-corrected chi connectivity index (χ1v) is 11.8. The molecule has 168 valence electrons. The third-order valence-electron chi connectivity index (χ3n) is 6.05. The monoisotopic (exact) mass is 462 g/mol. The number of rotatable bonds is 4. The highest BCUT2D eigenvalue weighted by Crippen LogP contribution is 2.27. The van der Waals surface area contributed by atoms with Gasteiger partial charge in [0, 0.05) is 24.7 Å². The predicted molar refractivity (Wildman–Crippen MR) is 130 cm³/mol. The van der Waals surface area contributed by atoms with E-state index in [4.69, 9.17) is 4.98 Å². The number of carbonyl (C=O) groups excluding carboxylic acids is 1. The summed E-state index contributed by atoms with van der Waals surface area (Å²) >= 11 is 1.39.